The third-order valence-corrected chi connectivity index (χ3v) is 2.75. The molecule has 0 aliphatic heterocycles. The van der Waals surface area contributed by atoms with Crippen molar-refractivity contribution in [2.45, 2.75) is 6.61 Å². The van der Waals surface area contributed by atoms with Crippen LogP contribution < -0.4 is 4.74 Å². The highest BCUT2D eigenvalue weighted by Gasteiger charge is 2.02. The van der Waals surface area contributed by atoms with Gasteiger partial charge < -0.3 is 4.74 Å². The summed E-state index contributed by atoms with van der Waals surface area (Å²) >= 11 is 5.87. The van der Waals surface area contributed by atoms with Crippen molar-refractivity contribution in [2.24, 2.45) is 0 Å². The van der Waals surface area contributed by atoms with Gasteiger partial charge in [0.05, 0.1) is 0 Å². The molecule has 0 saturated heterocycles. The summed E-state index contributed by atoms with van der Waals surface area (Å²) in [4.78, 5) is 21.5. The van der Waals surface area contributed by atoms with E-state index < -0.39 is 0 Å². The predicted octanol–water partition coefficient (Wildman–Crippen LogP) is 3.54. The van der Waals surface area contributed by atoms with Gasteiger partial charge in [0.1, 0.15) is 24.9 Å². The smallest absolute Gasteiger partial charge is 0.150 e. The molecule has 0 N–H and O–H groups in total. The van der Waals surface area contributed by atoms with Crippen LogP contribution in [0.15, 0.2) is 42.5 Å². The highest BCUT2D eigenvalue weighted by Crippen LogP contribution is 2.18. The highest BCUT2D eigenvalue weighted by atomic mass is 35.5. The maximum atomic E-state index is 10.8. The molecule has 19 heavy (non-hydrogen) atoms. The van der Waals surface area contributed by atoms with E-state index in [4.69, 9.17) is 16.3 Å². The Morgan fingerprint density at radius 3 is 2.26 bits per heavy atom. The zero-order chi connectivity index (χ0) is 13.7. The van der Waals surface area contributed by atoms with E-state index in [0.717, 1.165) is 5.56 Å². The average Bonchev–Trinajstić information content (AvgIpc) is 2.44. The van der Waals surface area contributed by atoms with Crippen LogP contribution in [0.3, 0.4) is 0 Å². The summed E-state index contributed by atoms with van der Waals surface area (Å²) in [6.45, 7) is 0.321. The van der Waals surface area contributed by atoms with E-state index >= 15 is 0 Å². The standard InChI is InChI=1S/C15H11ClO3/c16-14-3-1-2-11(5-14)10-19-15-6-12(8-17)4-13(7-15)9-18/h1-9H,10H2. The Bertz CT molecular complexity index is 582. The number of halogens is 1. The molecule has 0 atom stereocenters. The fourth-order valence-electron chi connectivity index (χ4n) is 1.66. The topological polar surface area (TPSA) is 43.4 Å². The van der Waals surface area contributed by atoms with Crippen LogP contribution in [-0.2, 0) is 6.61 Å². The van der Waals surface area contributed by atoms with Gasteiger partial charge in [-0.15, -0.1) is 0 Å². The van der Waals surface area contributed by atoms with E-state index in [1.165, 1.54) is 6.07 Å². The molecule has 2 aromatic carbocycles. The van der Waals surface area contributed by atoms with Crippen molar-refractivity contribution in [3.63, 3.8) is 0 Å². The van der Waals surface area contributed by atoms with Crippen LogP contribution in [0.25, 0.3) is 0 Å². The second-order valence-electron chi connectivity index (χ2n) is 3.99. The second kappa shape index (κ2) is 6.16. The van der Waals surface area contributed by atoms with Gasteiger partial charge in [0.2, 0.25) is 0 Å². The van der Waals surface area contributed by atoms with Crippen LogP contribution in [0.1, 0.15) is 26.3 Å². The molecule has 0 heterocycles. The summed E-state index contributed by atoms with van der Waals surface area (Å²) in [6, 6.07) is 12.0. The number of carbonyl (C=O) groups excluding carboxylic acids is 2. The molecule has 0 amide bonds. The van der Waals surface area contributed by atoms with Gasteiger partial charge >= 0.3 is 0 Å². The molecule has 2 rings (SSSR count). The number of benzene rings is 2. The number of ether oxygens (including phenoxy) is 1. The van der Waals surface area contributed by atoms with E-state index in [0.29, 0.717) is 41.1 Å². The Hall–Kier alpha value is -2.13. The molecule has 0 radical (unpaired) electrons. The van der Waals surface area contributed by atoms with E-state index in [1.54, 1.807) is 24.3 Å². The lowest BCUT2D eigenvalue weighted by atomic mass is 10.1. The lowest BCUT2D eigenvalue weighted by molar-refractivity contribution is 0.112. The van der Waals surface area contributed by atoms with Gasteiger partial charge in [-0.1, -0.05) is 23.7 Å². The molecule has 0 spiro atoms. The summed E-state index contributed by atoms with van der Waals surface area (Å²) in [5.74, 6) is 0.478. The number of hydrogen-bond donors (Lipinski definition) is 0. The van der Waals surface area contributed by atoms with Gasteiger partial charge in [-0.3, -0.25) is 9.59 Å². The Morgan fingerprint density at radius 1 is 1.00 bits per heavy atom. The third kappa shape index (κ3) is 3.66. The van der Waals surface area contributed by atoms with Crippen LogP contribution in [0, 0.1) is 0 Å². The number of hydrogen-bond acceptors (Lipinski definition) is 3. The highest BCUT2D eigenvalue weighted by molar-refractivity contribution is 6.30. The van der Waals surface area contributed by atoms with Crippen molar-refractivity contribution in [2.75, 3.05) is 0 Å². The van der Waals surface area contributed by atoms with E-state index in [9.17, 15) is 9.59 Å². The van der Waals surface area contributed by atoms with E-state index in [2.05, 4.69) is 0 Å². The minimum atomic E-state index is 0.321. The Kier molecular flexibility index (Phi) is 4.31. The van der Waals surface area contributed by atoms with Gasteiger partial charge in [0.25, 0.3) is 0 Å². The van der Waals surface area contributed by atoms with Gasteiger partial charge in [0, 0.05) is 16.1 Å². The molecule has 0 aromatic heterocycles. The first-order valence-corrected chi connectivity index (χ1v) is 6.02. The zero-order valence-corrected chi connectivity index (χ0v) is 10.8. The number of aldehydes is 2. The van der Waals surface area contributed by atoms with Gasteiger partial charge in [-0.05, 0) is 35.9 Å². The summed E-state index contributed by atoms with van der Waals surface area (Å²) in [5.41, 5.74) is 1.73. The molecule has 2 aromatic rings. The molecule has 4 heteroatoms. The minimum Gasteiger partial charge on any atom is -0.489 e. The Morgan fingerprint density at radius 2 is 1.68 bits per heavy atom. The van der Waals surface area contributed by atoms with Crippen molar-refractivity contribution < 1.29 is 14.3 Å². The molecular formula is C15H11ClO3. The summed E-state index contributed by atoms with van der Waals surface area (Å²) in [5, 5.41) is 0.635. The molecule has 3 nitrogen and oxygen atoms in total. The van der Waals surface area contributed by atoms with Crippen LogP contribution in [0.2, 0.25) is 5.02 Å². The molecular weight excluding hydrogens is 264 g/mol. The number of carbonyl (C=O) groups is 2. The molecule has 0 unspecified atom stereocenters. The third-order valence-electron chi connectivity index (χ3n) is 2.52. The first-order chi connectivity index (χ1) is 9.21. The van der Waals surface area contributed by atoms with Crippen molar-refractivity contribution in [3.05, 3.63) is 64.2 Å². The molecule has 0 aliphatic rings. The normalized spacial score (nSPS) is 9.95. The molecule has 96 valence electrons. The molecule has 0 aliphatic carbocycles. The first-order valence-electron chi connectivity index (χ1n) is 5.64. The number of rotatable bonds is 5. The quantitative estimate of drug-likeness (QED) is 0.783. The van der Waals surface area contributed by atoms with Crippen LogP contribution in [0.4, 0.5) is 0 Å². The average molecular weight is 275 g/mol. The van der Waals surface area contributed by atoms with Crippen molar-refractivity contribution in [1.82, 2.24) is 0 Å². The van der Waals surface area contributed by atoms with Gasteiger partial charge in [-0.25, -0.2) is 0 Å². The van der Waals surface area contributed by atoms with Crippen LogP contribution >= 0.6 is 11.6 Å². The summed E-state index contributed by atoms with van der Waals surface area (Å²) in [6.07, 6.45) is 1.36. The summed E-state index contributed by atoms with van der Waals surface area (Å²) < 4.78 is 5.56. The Balaban J connectivity index is 2.14. The molecule has 0 saturated carbocycles. The SMILES string of the molecule is O=Cc1cc(C=O)cc(OCc2cccc(Cl)c2)c1. The minimum absolute atomic E-state index is 0.321. The van der Waals surface area contributed by atoms with Crippen LogP contribution in [0.5, 0.6) is 5.75 Å². The van der Waals surface area contributed by atoms with Crippen molar-refractivity contribution in [3.8, 4) is 5.75 Å². The monoisotopic (exact) mass is 274 g/mol. The van der Waals surface area contributed by atoms with Crippen molar-refractivity contribution >= 4 is 24.2 Å². The second-order valence-corrected chi connectivity index (χ2v) is 4.43. The first kappa shape index (κ1) is 13.3. The fourth-order valence-corrected chi connectivity index (χ4v) is 1.87. The van der Waals surface area contributed by atoms with Crippen molar-refractivity contribution in [1.29, 1.82) is 0 Å². The molecule has 0 fully saturated rings. The fraction of sp³-hybridized carbons (Fsp3) is 0.0667. The summed E-state index contributed by atoms with van der Waals surface area (Å²) in [7, 11) is 0. The van der Waals surface area contributed by atoms with Gasteiger partial charge in [0.15, 0.2) is 0 Å². The van der Waals surface area contributed by atoms with E-state index in [1.807, 2.05) is 12.1 Å². The maximum Gasteiger partial charge on any atom is 0.150 e. The predicted molar refractivity (Wildman–Crippen MR) is 73.0 cm³/mol. The zero-order valence-electron chi connectivity index (χ0n) is 10.0. The maximum absolute atomic E-state index is 10.8. The van der Waals surface area contributed by atoms with Crippen LogP contribution in [-0.4, -0.2) is 12.6 Å². The molecule has 0 bridgehead atoms. The lowest BCUT2D eigenvalue weighted by Crippen LogP contribution is -1.97. The largest absolute Gasteiger partial charge is 0.489 e. The van der Waals surface area contributed by atoms with E-state index in [-0.39, 0.29) is 0 Å². The lowest BCUT2D eigenvalue weighted by Gasteiger charge is -2.08. The van der Waals surface area contributed by atoms with Gasteiger partial charge in [-0.2, -0.15) is 0 Å². The Labute approximate surface area is 115 Å².